The van der Waals surface area contributed by atoms with Crippen LogP contribution in [0.1, 0.15) is 36.8 Å². The van der Waals surface area contributed by atoms with E-state index in [1.807, 2.05) is 43.5 Å². The van der Waals surface area contributed by atoms with Gasteiger partial charge in [0.2, 0.25) is 0 Å². The summed E-state index contributed by atoms with van der Waals surface area (Å²) in [5.41, 5.74) is 1.73. The summed E-state index contributed by atoms with van der Waals surface area (Å²) in [5, 5.41) is 15.7. The maximum atomic E-state index is 12.3. The van der Waals surface area contributed by atoms with Crippen LogP contribution < -0.4 is 10.6 Å². The standard InChI is InChI=1S/C20H23ClN6O2S/c1-4-26-12-16(18(25-26)19(28)29-13(2)3)22-20(30)23-17-9-10-27(24-17)11-14-5-7-15(21)8-6-14/h5-10,12-13H,4,11H2,1-3H3,(H2,22,23,24,30). The number of esters is 1. The summed E-state index contributed by atoms with van der Waals surface area (Å²) in [7, 11) is 0. The highest BCUT2D eigenvalue weighted by Gasteiger charge is 2.20. The monoisotopic (exact) mass is 446 g/mol. The molecule has 0 aliphatic heterocycles. The third-order valence-corrected chi connectivity index (χ3v) is 4.47. The summed E-state index contributed by atoms with van der Waals surface area (Å²) in [6.07, 6.45) is 3.32. The van der Waals surface area contributed by atoms with Gasteiger partial charge in [0.15, 0.2) is 16.6 Å². The summed E-state index contributed by atoms with van der Waals surface area (Å²) in [6.45, 7) is 6.72. The van der Waals surface area contributed by atoms with Crippen LogP contribution in [0, 0.1) is 0 Å². The molecule has 1 aromatic carbocycles. The van der Waals surface area contributed by atoms with Crippen LogP contribution in [-0.2, 0) is 17.8 Å². The zero-order valence-electron chi connectivity index (χ0n) is 16.9. The number of anilines is 2. The van der Waals surface area contributed by atoms with Gasteiger partial charge in [-0.25, -0.2) is 4.79 Å². The van der Waals surface area contributed by atoms with Crippen molar-refractivity contribution in [3.63, 3.8) is 0 Å². The first-order valence-electron chi connectivity index (χ1n) is 9.48. The molecule has 30 heavy (non-hydrogen) atoms. The molecule has 0 aliphatic carbocycles. The number of thiocarbonyl (C=S) groups is 1. The van der Waals surface area contributed by atoms with Crippen molar-refractivity contribution in [2.24, 2.45) is 0 Å². The minimum atomic E-state index is -0.505. The number of carbonyl (C=O) groups is 1. The number of carbonyl (C=O) groups excluding carboxylic acids is 1. The van der Waals surface area contributed by atoms with Gasteiger partial charge in [-0.15, -0.1) is 0 Å². The van der Waals surface area contributed by atoms with Crippen molar-refractivity contribution in [3.8, 4) is 0 Å². The van der Waals surface area contributed by atoms with Gasteiger partial charge in [-0.3, -0.25) is 9.36 Å². The first kappa shape index (κ1) is 21.8. The lowest BCUT2D eigenvalue weighted by Gasteiger charge is -2.10. The Morgan fingerprint density at radius 2 is 1.90 bits per heavy atom. The Morgan fingerprint density at radius 1 is 1.17 bits per heavy atom. The van der Waals surface area contributed by atoms with Crippen LogP contribution in [0.15, 0.2) is 42.7 Å². The molecule has 8 nitrogen and oxygen atoms in total. The fourth-order valence-corrected chi connectivity index (χ4v) is 3.00. The average Bonchev–Trinajstić information content (AvgIpc) is 3.29. The number of rotatable bonds is 7. The highest BCUT2D eigenvalue weighted by molar-refractivity contribution is 7.80. The molecule has 3 rings (SSSR count). The number of ether oxygens (including phenoxy) is 1. The van der Waals surface area contributed by atoms with Crippen LogP contribution in [0.3, 0.4) is 0 Å². The molecule has 0 unspecified atom stereocenters. The van der Waals surface area contributed by atoms with Crippen molar-refractivity contribution < 1.29 is 9.53 Å². The molecule has 158 valence electrons. The van der Waals surface area contributed by atoms with Crippen molar-refractivity contribution in [2.45, 2.75) is 40.0 Å². The summed E-state index contributed by atoms with van der Waals surface area (Å²) < 4.78 is 8.69. The quantitative estimate of drug-likeness (QED) is 0.416. The Morgan fingerprint density at radius 3 is 2.57 bits per heavy atom. The van der Waals surface area contributed by atoms with Crippen LogP contribution in [-0.4, -0.2) is 36.7 Å². The number of hydrogen-bond donors (Lipinski definition) is 2. The van der Waals surface area contributed by atoms with E-state index in [1.54, 1.807) is 29.4 Å². The second-order valence-electron chi connectivity index (χ2n) is 6.81. The molecule has 0 fully saturated rings. The predicted molar refractivity (Wildman–Crippen MR) is 121 cm³/mol. The van der Waals surface area contributed by atoms with E-state index in [0.717, 1.165) is 5.56 Å². The van der Waals surface area contributed by atoms with Gasteiger partial charge in [-0.05, 0) is 50.7 Å². The predicted octanol–water partition coefficient (Wildman–Crippen LogP) is 4.18. The van der Waals surface area contributed by atoms with Crippen LogP contribution in [0.5, 0.6) is 0 Å². The molecule has 10 heteroatoms. The van der Waals surface area contributed by atoms with E-state index in [4.69, 9.17) is 28.6 Å². The number of benzene rings is 1. The molecule has 0 saturated heterocycles. The molecule has 2 heterocycles. The minimum absolute atomic E-state index is 0.183. The van der Waals surface area contributed by atoms with Crippen molar-refractivity contribution in [3.05, 3.63) is 59.0 Å². The SMILES string of the molecule is CCn1cc(NC(=S)Nc2ccn(Cc3ccc(Cl)cc3)n2)c(C(=O)OC(C)C)n1. The summed E-state index contributed by atoms with van der Waals surface area (Å²) in [5.74, 6) is 0.0744. The van der Waals surface area contributed by atoms with Gasteiger partial charge in [-0.1, -0.05) is 23.7 Å². The molecule has 2 N–H and O–H groups in total. The molecule has 0 aliphatic rings. The molecule has 0 saturated carbocycles. The lowest BCUT2D eigenvalue weighted by molar-refractivity contribution is 0.0371. The Labute approximate surface area is 185 Å². The van der Waals surface area contributed by atoms with E-state index in [9.17, 15) is 4.79 Å². The summed E-state index contributed by atoms with van der Waals surface area (Å²) in [6, 6.07) is 9.40. The lowest BCUT2D eigenvalue weighted by Crippen LogP contribution is -2.21. The van der Waals surface area contributed by atoms with Crippen molar-refractivity contribution >= 4 is 46.4 Å². The number of hydrogen-bond acceptors (Lipinski definition) is 5. The molecular weight excluding hydrogens is 424 g/mol. The summed E-state index contributed by atoms with van der Waals surface area (Å²) >= 11 is 11.3. The third-order valence-electron chi connectivity index (χ3n) is 4.01. The Balaban J connectivity index is 1.64. The first-order valence-corrected chi connectivity index (χ1v) is 10.3. The van der Waals surface area contributed by atoms with Gasteiger partial charge < -0.3 is 15.4 Å². The van der Waals surface area contributed by atoms with Gasteiger partial charge in [0.1, 0.15) is 0 Å². The first-order chi connectivity index (χ1) is 14.3. The molecule has 0 amide bonds. The number of halogens is 1. The normalized spacial score (nSPS) is 10.8. The number of nitrogens with zero attached hydrogens (tertiary/aromatic N) is 4. The van der Waals surface area contributed by atoms with E-state index in [1.165, 1.54) is 0 Å². The van der Waals surface area contributed by atoms with Crippen LogP contribution in [0.4, 0.5) is 11.5 Å². The van der Waals surface area contributed by atoms with Gasteiger partial charge in [0.25, 0.3) is 0 Å². The average molecular weight is 447 g/mol. The smallest absolute Gasteiger partial charge is 0.361 e. The Kier molecular flexibility index (Phi) is 7.07. The second-order valence-corrected chi connectivity index (χ2v) is 7.65. The van der Waals surface area contributed by atoms with Crippen molar-refractivity contribution in [1.29, 1.82) is 0 Å². The maximum Gasteiger partial charge on any atom is 0.361 e. The largest absolute Gasteiger partial charge is 0.458 e. The van der Waals surface area contributed by atoms with E-state index in [2.05, 4.69) is 20.8 Å². The van der Waals surface area contributed by atoms with Gasteiger partial charge in [-0.2, -0.15) is 10.2 Å². The highest BCUT2D eigenvalue weighted by Crippen LogP contribution is 2.17. The van der Waals surface area contributed by atoms with Crippen molar-refractivity contribution in [2.75, 3.05) is 10.6 Å². The van der Waals surface area contributed by atoms with Gasteiger partial charge >= 0.3 is 5.97 Å². The van der Waals surface area contributed by atoms with E-state index in [-0.39, 0.29) is 11.8 Å². The van der Waals surface area contributed by atoms with Crippen LogP contribution in [0.25, 0.3) is 0 Å². The van der Waals surface area contributed by atoms with E-state index in [0.29, 0.717) is 34.7 Å². The summed E-state index contributed by atoms with van der Waals surface area (Å²) in [4.78, 5) is 12.3. The molecular formula is C20H23ClN6O2S. The fourth-order valence-electron chi connectivity index (χ4n) is 2.66. The van der Waals surface area contributed by atoms with Gasteiger partial charge in [0, 0.05) is 30.0 Å². The minimum Gasteiger partial charge on any atom is -0.458 e. The van der Waals surface area contributed by atoms with E-state index < -0.39 is 5.97 Å². The van der Waals surface area contributed by atoms with Crippen LogP contribution >= 0.6 is 23.8 Å². The lowest BCUT2D eigenvalue weighted by atomic mass is 10.2. The second kappa shape index (κ2) is 9.73. The van der Waals surface area contributed by atoms with Crippen LogP contribution in [0.2, 0.25) is 5.02 Å². The molecule has 0 radical (unpaired) electrons. The number of aryl methyl sites for hydroxylation is 1. The molecule has 0 bridgehead atoms. The Bertz CT molecular complexity index is 1030. The van der Waals surface area contributed by atoms with E-state index >= 15 is 0 Å². The highest BCUT2D eigenvalue weighted by atomic mass is 35.5. The maximum absolute atomic E-state index is 12.3. The zero-order chi connectivity index (χ0) is 21.7. The molecule has 2 aromatic heterocycles. The Hall–Kier alpha value is -2.91. The topological polar surface area (TPSA) is 86.0 Å². The van der Waals surface area contributed by atoms with Crippen molar-refractivity contribution in [1.82, 2.24) is 19.6 Å². The molecule has 0 spiro atoms. The third kappa shape index (κ3) is 5.80. The van der Waals surface area contributed by atoms with Gasteiger partial charge in [0.05, 0.1) is 18.3 Å². The zero-order valence-corrected chi connectivity index (χ0v) is 18.5. The molecule has 0 atom stereocenters. The fraction of sp³-hybridized carbons (Fsp3) is 0.300. The number of nitrogens with one attached hydrogen (secondary N) is 2. The number of aromatic nitrogens is 4. The molecule has 3 aromatic rings.